The van der Waals surface area contributed by atoms with Gasteiger partial charge in [0.05, 0.1) is 0 Å². The minimum atomic E-state index is -0.970. The van der Waals surface area contributed by atoms with E-state index < -0.39 is 5.97 Å². The van der Waals surface area contributed by atoms with Crippen molar-refractivity contribution in [2.75, 3.05) is 0 Å². The molecule has 0 saturated heterocycles. The van der Waals surface area contributed by atoms with Gasteiger partial charge in [0, 0.05) is 5.69 Å². The lowest BCUT2D eigenvalue weighted by Crippen LogP contribution is -2.29. The third kappa shape index (κ3) is 3.11. The van der Waals surface area contributed by atoms with Crippen LogP contribution in [0, 0.1) is 25.7 Å². The molecule has 0 aliphatic heterocycles. The molecule has 1 fully saturated rings. The van der Waals surface area contributed by atoms with Crippen LogP contribution in [0.3, 0.4) is 0 Å². The number of aryl methyl sites for hydroxylation is 2. The van der Waals surface area contributed by atoms with E-state index in [0.29, 0.717) is 17.4 Å². The van der Waals surface area contributed by atoms with Gasteiger partial charge in [-0.05, 0) is 56.6 Å². The van der Waals surface area contributed by atoms with Crippen LogP contribution in [0.25, 0.3) is 0 Å². The van der Waals surface area contributed by atoms with E-state index >= 15 is 0 Å². The molecule has 0 bridgehead atoms. The minimum Gasteiger partial charge on any atom is -0.477 e. The van der Waals surface area contributed by atoms with E-state index in [1.807, 2.05) is 6.92 Å². The van der Waals surface area contributed by atoms with Crippen molar-refractivity contribution < 1.29 is 14.6 Å². The Hall–Kier alpha value is -1.58. The van der Waals surface area contributed by atoms with Crippen molar-refractivity contribution >= 4 is 5.97 Å². The molecular weight excluding hydrogens is 254 g/mol. The predicted octanol–water partition coefficient (Wildman–Crippen LogP) is 3.60. The van der Waals surface area contributed by atoms with Crippen molar-refractivity contribution in [3.8, 4) is 5.88 Å². The Balaban J connectivity index is 2.23. The minimum absolute atomic E-state index is 0.0769. The second-order valence-corrected chi connectivity index (χ2v) is 6.07. The summed E-state index contributed by atoms with van der Waals surface area (Å²) in [6, 6.07) is 1.78. The summed E-state index contributed by atoms with van der Waals surface area (Å²) in [6.45, 7) is 8.14. The number of carboxylic acids is 1. The summed E-state index contributed by atoms with van der Waals surface area (Å²) >= 11 is 0. The van der Waals surface area contributed by atoms with Crippen LogP contribution in [-0.4, -0.2) is 22.2 Å². The van der Waals surface area contributed by atoms with Gasteiger partial charge in [-0.3, -0.25) is 0 Å². The van der Waals surface area contributed by atoms with Crippen LogP contribution in [0.2, 0.25) is 0 Å². The Kier molecular flexibility index (Phi) is 4.31. The lowest BCUT2D eigenvalue weighted by atomic mass is 9.80. The standard InChI is InChI=1S/C16H23NO3/c1-9-5-6-13(8-10(9)2)20-15-14(16(18)19)11(3)7-12(4)17-15/h7,9-10,13H,5-6,8H2,1-4H3,(H,18,19). The number of hydrogen-bond acceptors (Lipinski definition) is 3. The zero-order chi connectivity index (χ0) is 14.9. The fourth-order valence-electron chi connectivity index (χ4n) is 2.91. The van der Waals surface area contributed by atoms with E-state index in [4.69, 9.17) is 4.74 Å². The molecular formula is C16H23NO3. The van der Waals surface area contributed by atoms with E-state index in [9.17, 15) is 9.90 Å². The van der Waals surface area contributed by atoms with Gasteiger partial charge >= 0.3 is 5.97 Å². The van der Waals surface area contributed by atoms with Crippen molar-refractivity contribution in [1.82, 2.24) is 4.98 Å². The largest absolute Gasteiger partial charge is 0.477 e. The molecule has 1 aliphatic carbocycles. The highest BCUT2D eigenvalue weighted by Crippen LogP contribution is 2.32. The van der Waals surface area contributed by atoms with Crippen molar-refractivity contribution in [3.05, 3.63) is 22.9 Å². The first-order valence-electron chi connectivity index (χ1n) is 7.26. The van der Waals surface area contributed by atoms with Gasteiger partial charge in [-0.15, -0.1) is 0 Å². The first kappa shape index (κ1) is 14.8. The SMILES string of the molecule is Cc1cc(C)c(C(=O)O)c(OC2CCC(C)C(C)C2)n1. The number of aromatic nitrogens is 1. The number of ether oxygens (including phenoxy) is 1. The van der Waals surface area contributed by atoms with Crippen molar-refractivity contribution in [2.24, 2.45) is 11.8 Å². The number of carboxylic acid groups (broad SMARTS) is 1. The quantitative estimate of drug-likeness (QED) is 0.917. The van der Waals surface area contributed by atoms with Gasteiger partial charge in [0.15, 0.2) is 0 Å². The van der Waals surface area contributed by atoms with Crippen LogP contribution in [0.15, 0.2) is 6.07 Å². The zero-order valence-electron chi connectivity index (χ0n) is 12.6. The molecule has 110 valence electrons. The van der Waals surface area contributed by atoms with E-state index in [0.717, 1.165) is 25.0 Å². The van der Waals surface area contributed by atoms with Gasteiger partial charge in [0.25, 0.3) is 0 Å². The van der Waals surface area contributed by atoms with Crippen LogP contribution in [-0.2, 0) is 0 Å². The molecule has 1 heterocycles. The molecule has 1 aromatic rings. The number of pyridine rings is 1. The number of nitrogens with zero attached hydrogens (tertiary/aromatic N) is 1. The molecule has 2 rings (SSSR count). The Morgan fingerprint density at radius 2 is 2.00 bits per heavy atom. The lowest BCUT2D eigenvalue weighted by molar-refractivity contribution is 0.0669. The summed E-state index contributed by atoms with van der Waals surface area (Å²) in [5.41, 5.74) is 1.69. The van der Waals surface area contributed by atoms with Crippen LogP contribution < -0.4 is 4.74 Å². The molecule has 0 spiro atoms. The Labute approximate surface area is 120 Å². The molecule has 3 unspecified atom stereocenters. The summed E-state index contributed by atoms with van der Waals surface area (Å²) in [5, 5.41) is 9.34. The van der Waals surface area contributed by atoms with Gasteiger partial charge in [-0.25, -0.2) is 9.78 Å². The van der Waals surface area contributed by atoms with Crippen molar-refractivity contribution in [1.29, 1.82) is 0 Å². The fraction of sp³-hybridized carbons (Fsp3) is 0.625. The zero-order valence-corrected chi connectivity index (χ0v) is 12.6. The first-order chi connectivity index (χ1) is 9.38. The smallest absolute Gasteiger partial charge is 0.341 e. The molecule has 0 aromatic carbocycles. The topological polar surface area (TPSA) is 59.4 Å². The molecule has 1 aromatic heterocycles. The molecule has 20 heavy (non-hydrogen) atoms. The number of rotatable bonds is 3. The molecule has 0 radical (unpaired) electrons. The average molecular weight is 277 g/mol. The molecule has 4 heteroatoms. The Morgan fingerprint density at radius 1 is 1.30 bits per heavy atom. The number of aromatic carboxylic acids is 1. The summed E-state index contributed by atoms with van der Waals surface area (Å²) in [4.78, 5) is 15.7. The molecule has 1 aliphatic rings. The van der Waals surface area contributed by atoms with E-state index in [-0.39, 0.29) is 17.5 Å². The van der Waals surface area contributed by atoms with Crippen molar-refractivity contribution in [3.63, 3.8) is 0 Å². The van der Waals surface area contributed by atoms with Crippen LogP contribution >= 0.6 is 0 Å². The Morgan fingerprint density at radius 3 is 2.60 bits per heavy atom. The highest BCUT2D eigenvalue weighted by molar-refractivity contribution is 5.91. The van der Waals surface area contributed by atoms with Crippen LogP contribution in [0.5, 0.6) is 5.88 Å². The first-order valence-corrected chi connectivity index (χ1v) is 7.26. The van der Waals surface area contributed by atoms with Crippen LogP contribution in [0.4, 0.5) is 0 Å². The third-order valence-corrected chi connectivity index (χ3v) is 4.35. The normalized spacial score (nSPS) is 26.3. The van der Waals surface area contributed by atoms with Gasteiger partial charge < -0.3 is 9.84 Å². The third-order valence-electron chi connectivity index (χ3n) is 4.35. The summed E-state index contributed by atoms with van der Waals surface area (Å²) in [5.74, 6) is 0.623. The van der Waals surface area contributed by atoms with Crippen LogP contribution in [0.1, 0.15) is 54.7 Å². The molecule has 3 atom stereocenters. The van der Waals surface area contributed by atoms with E-state index in [1.54, 1.807) is 13.0 Å². The monoisotopic (exact) mass is 277 g/mol. The summed E-state index contributed by atoms with van der Waals surface area (Å²) < 4.78 is 5.94. The number of carbonyl (C=O) groups is 1. The number of hydrogen-bond donors (Lipinski definition) is 1. The van der Waals surface area contributed by atoms with Crippen molar-refractivity contribution in [2.45, 2.75) is 53.1 Å². The average Bonchev–Trinajstić information content (AvgIpc) is 2.32. The molecule has 1 N–H and O–H groups in total. The lowest BCUT2D eigenvalue weighted by Gasteiger charge is -2.32. The maximum Gasteiger partial charge on any atom is 0.341 e. The summed E-state index contributed by atoms with van der Waals surface area (Å²) in [7, 11) is 0. The second-order valence-electron chi connectivity index (χ2n) is 6.07. The fourth-order valence-corrected chi connectivity index (χ4v) is 2.91. The van der Waals surface area contributed by atoms with Gasteiger partial charge in [-0.2, -0.15) is 0 Å². The second kappa shape index (κ2) is 5.81. The highest BCUT2D eigenvalue weighted by Gasteiger charge is 2.28. The predicted molar refractivity (Wildman–Crippen MR) is 77.3 cm³/mol. The van der Waals surface area contributed by atoms with Gasteiger partial charge in [0.1, 0.15) is 11.7 Å². The van der Waals surface area contributed by atoms with Gasteiger partial charge in [-0.1, -0.05) is 13.8 Å². The van der Waals surface area contributed by atoms with E-state index in [1.165, 1.54) is 0 Å². The Bertz CT molecular complexity index is 513. The molecule has 0 amide bonds. The summed E-state index contributed by atoms with van der Waals surface area (Å²) in [6.07, 6.45) is 3.14. The van der Waals surface area contributed by atoms with Gasteiger partial charge in [0.2, 0.25) is 5.88 Å². The molecule has 1 saturated carbocycles. The maximum absolute atomic E-state index is 11.4. The maximum atomic E-state index is 11.4. The van der Waals surface area contributed by atoms with E-state index in [2.05, 4.69) is 18.8 Å². The highest BCUT2D eigenvalue weighted by atomic mass is 16.5. The molecule has 4 nitrogen and oxygen atoms in total.